The van der Waals surface area contributed by atoms with E-state index in [-0.39, 0.29) is 5.82 Å². The number of hydrogen-bond acceptors (Lipinski definition) is 0. The van der Waals surface area contributed by atoms with Gasteiger partial charge < -0.3 is 0 Å². The van der Waals surface area contributed by atoms with Gasteiger partial charge in [-0.25, -0.2) is 4.39 Å². The smallest absolute Gasteiger partial charge is 0.139 e. The van der Waals surface area contributed by atoms with Crippen molar-refractivity contribution in [1.29, 1.82) is 0 Å². The predicted octanol–water partition coefficient (Wildman–Crippen LogP) is 3.91. The SMILES string of the molecule is CC#Cc1c(F)ccc2cccc(CC)c12. The van der Waals surface area contributed by atoms with Crippen LogP contribution in [0.4, 0.5) is 4.39 Å². The third-order valence-corrected chi connectivity index (χ3v) is 2.71. The number of hydrogen-bond donors (Lipinski definition) is 0. The molecule has 0 aliphatic heterocycles. The number of rotatable bonds is 1. The van der Waals surface area contributed by atoms with Gasteiger partial charge in [-0.3, -0.25) is 0 Å². The molecule has 2 rings (SSSR count). The van der Waals surface area contributed by atoms with Gasteiger partial charge in [0.05, 0.1) is 5.56 Å². The first-order chi connectivity index (χ1) is 7.77. The lowest BCUT2D eigenvalue weighted by Gasteiger charge is -2.07. The molecule has 0 aliphatic rings. The van der Waals surface area contributed by atoms with Crippen LogP contribution >= 0.6 is 0 Å². The van der Waals surface area contributed by atoms with Crippen LogP contribution in [-0.4, -0.2) is 0 Å². The van der Waals surface area contributed by atoms with Crippen LogP contribution in [0, 0.1) is 17.7 Å². The van der Waals surface area contributed by atoms with E-state index in [0.29, 0.717) is 5.56 Å². The normalized spacial score (nSPS) is 9.94. The van der Waals surface area contributed by atoms with Crippen LogP contribution in [0.5, 0.6) is 0 Å². The monoisotopic (exact) mass is 212 g/mol. The first kappa shape index (κ1) is 10.7. The summed E-state index contributed by atoms with van der Waals surface area (Å²) in [6, 6.07) is 9.33. The van der Waals surface area contributed by atoms with Crippen molar-refractivity contribution in [3.05, 3.63) is 47.3 Å². The van der Waals surface area contributed by atoms with Gasteiger partial charge in [-0.15, -0.1) is 5.92 Å². The zero-order valence-electron chi connectivity index (χ0n) is 9.47. The first-order valence-corrected chi connectivity index (χ1v) is 5.40. The molecular formula is C15H13F. The molecule has 0 amide bonds. The molecular weight excluding hydrogens is 199 g/mol. The zero-order valence-corrected chi connectivity index (χ0v) is 9.47. The van der Waals surface area contributed by atoms with E-state index in [9.17, 15) is 4.39 Å². The maximum Gasteiger partial charge on any atom is 0.139 e. The second-order valence-electron chi connectivity index (χ2n) is 3.67. The second-order valence-corrected chi connectivity index (χ2v) is 3.67. The molecule has 80 valence electrons. The average molecular weight is 212 g/mol. The van der Waals surface area contributed by atoms with E-state index in [1.807, 2.05) is 24.3 Å². The summed E-state index contributed by atoms with van der Waals surface area (Å²) in [6.45, 7) is 3.80. The summed E-state index contributed by atoms with van der Waals surface area (Å²) in [7, 11) is 0. The zero-order chi connectivity index (χ0) is 11.5. The molecule has 0 unspecified atom stereocenters. The van der Waals surface area contributed by atoms with Gasteiger partial charge in [0, 0.05) is 5.39 Å². The molecule has 0 heterocycles. The van der Waals surface area contributed by atoms with Crippen LogP contribution in [0.25, 0.3) is 10.8 Å². The lowest BCUT2D eigenvalue weighted by atomic mass is 9.97. The van der Waals surface area contributed by atoms with Gasteiger partial charge in [0.1, 0.15) is 5.82 Å². The third kappa shape index (κ3) is 1.67. The fourth-order valence-corrected chi connectivity index (χ4v) is 1.97. The molecule has 0 nitrogen and oxygen atoms in total. The number of aryl methyl sites for hydroxylation is 1. The summed E-state index contributed by atoms with van der Waals surface area (Å²) in [5.41, 5.74) is 1.67. The highest BCUT2D eigenvalue weighted by molar-refractivity contribution is 5.91. The van der Waals surface area contributed by atoms with Gasteiger partial charge in [0.25, 0.3) is 0 Å². The van der Waals surface area contributed by atoms with Crippen LogP contribution in [-0.2, 0) is 6.42 Å². The Kier molecular flexibility index (Phi) is 2.92. The Bertz CT molecular complexity index is 585. The van der Waals surface area contributed by atoms with Crippen molar-refractivity contribution in [2.45, 2.75) is 20.3 Å². The van der Waals surface area contributed by atoms with E-state index < -0.39 is 0 Å². The Labute approximate surface area is 95.1 Å². The molecule has 1 heteroatoms. The van der Waals surface area contributed by atoms with Crippen LogP contribution in [0.1, 0.15) is 25.0 Å². The Hall–Kier alpha value is -1.81. The second kappa shape index (κ2) is 4.37. The minimum atomic E-state index is -0.234. The molecule has 0 radical (unpaired) electrons. The summed E-state index contributed by atoms with van der Waals surface area (Å²) < 4.78 is 13.7. The van der Waals surface area contributed by atoms with Crippen LogP contribution in [0.2, 0.25) is 0 Å². The van der Waals surface area contributed by atoms with Gasteiger partial charge in [-0.05, 0) is 30.4 Å². The van der Waals surface area contributed by atoms with E-state index in [1.165, 1.54) is 6.07 Å². The summed E-state index contributed by atoms with van der Waals surface area (Å²) in [4.78, 5) is 0. The van der Waals surface area contributed by atoms with Crippen LogP contribution in [0.15, 0.2) is 30.3 Å². The molecule has 0 aromatic heterocycles. The fraction of sp³-hybridized carbons (Fsp3) is 0.200. The molecule has 0 spiro atoms. The van der Waals surface area contributed by atoms with Gasteiger partial charge in [0.15, 0.2) is 0 Å². The highest BCUT2D eigenvalue weighted by atomic mass is 19.1. The van der Waals surface area contributed by atoms with E-state index in [0.717, 1.165) is 22.8 Å². The fourth-order valence-electron chi connectivity index (χ4n) is 1.97. The highest BCUT2D eigenvalue weighted by Crippen LogP contribution is 2.25. The molecule has 0 aliphatic carbocycles. The summed E-state index contributed by atoms with van der Waals surface area (Å²) in [6.07, 6.45) is 0.888. The van der Waals surface area contributed by atoms with Crippen molar-refractivity contribution in [3.8, 4) is 11.8 Å². The summed E-state index contributed by atoms with van der Waals surface area (Å²) >= 11 is 0. The molecule has 0 bridgehead atoms. The molecule has 16 heavy (non-hydrogen) atoms. The van der Waals surface area contributed by atoms with Crippen LogP contribution in [0.3, 0.4) is 0 Å². The van der Waals surface area contributed by atoms with Gasteiger partial charge >= 0.3 is 0 Å². The standard InChI is InChI=1S/C15H13F/c1-3-6-13-14(16)10-9-12-8-5-7-11(4-2)15(12)13/h5,7-10H,4H2,1-2H3. The van der Waals surface area contributed by atoms with Crippen molar-refractivity contribution in [1.82, 2.24) is 0 Å². The van der Waals surface area contributed by atoms with Crippen molar-refractivity contribution >= 4 is 10.8 Å². The van der Waals surface area contributed by atoms with E-state index in [1.54, 1.807) is 6.92 Å². The van der Waals surface area contributed by atoms with E-state index in [2.05, 4.69) is 18.8 Å². The maximum absolute atomic E-state index is 13.7. The predicted molar refractivity (Wildman–Crippen MR) is 65.8 cm³/mol. The third-order valence-electron chi connectivity index (χ3n) is 2.71. The molecule has 0 saturated heterocycles. The van der Waals surface area contributed by atoms with Crippen molar-refractivity contribution in [2.24, 2.45) is 0 Å². The maximum atomic E-state index is 13.7. The Morgan fingerprint density at radius 1 is 1.19 bits per heavy atom. The molecule has 0 fully saturated rings. The van der Waals surface area contributed by atoms with Crippen molar-refractivity contribution < 1.29 is 4.39 Å². The minimum Gasteiger partial charge on any atom is -0.206 e. The number of halogens is 1. The quantitative estimate of drug-likeness (QED) is 0.629. The van der Waals surface area contributed by atoms with Gasteiger partial charge in [0.2, 0.25) is 0 Å². The largest absolute Gasteiger partial charge is 0.206 e. The Balaban J connectivity index is 2.92. The topological polar surface area (TPSA) is 0 Å². The summed E-state index contributed by atoms with van der Waals surface area (Å²) in [5.74, 6) is 5.41. The van der Waals surface area contributed by atoms with Crippen LogP contribution < -0.4 is 0 Å². The van der Waals surface area contributed by atoms with E-state index >= 15 is 0 Å². The lowest BCUT2D eigenvalue weighted by Crippen LogP contribution is -1.91. The molecule has 0 atom stereocenters. The molecule has 0 saturated carbocycles. The lowest BCUT2D eigenvalue weighted by molar-refractivity contribution is 0.626. The van der Waals surface area contributed by atoms with Gasteiger partial charge in [-0.2, -0.15) is 0 Å². The molecule has 2 aromatic rings. The Morgan fingerprint density at radius 2 is 2.00 bits per heavy atom. The van der Waals surface area contributed by atoms with Crippen molar-refractivity contribution in [2.75, 3.05) is 0 Å². The molecule has 2 aromatic carbocycles. The van der Waals surface area contributed by atoms with E-state index in [4.69, 9.17) is 0 Å². The minimum absolute atomic E-state index is 0.234. The summed E-state index contributed by atoms with van der Waals surface area (Å²) in [5, 5.41) is 2.01. The van der Waals surface area contributed by atoms with Crippen molar-refractivity contribution in [3.63, 3.8) is 0 Å². The number of benzene rings is 2. The Morgan fingerprint density at radius 3 is 2.69 bits per heavy atom. The average Bonchev–Trinajstić information content (AvgIpc) is 2.32. The molecule has 0 N–H and O–H groups in total. The first-order valence-electron chi connectivity index (χ1n) is 5.40. The number of fused-ring (bicyclic) bond motifs is 1. The van der Waals surface area contributed by atoms with Gasteiger partial charge in [-0.1, -0.05) is 37.1 Å². The highest BCUT2D eigenvalue weighted by Gasteiger charge is 2.08.